The molecule has 2 aliphatic rings. The smallest absolute Gasteiger partial charge is 0.295 e. The van der Waals surface area contributed by atoms with Crippen LogP contribution in [0.5, 0.6) is 0 Å². The zero-order valence-corrected chi connectivity index (χ0v) is 7.94. The highest BCUT2D eigenvalue weighted by atomic mass is 16.7. The first kappa shape index (κ1) is 9.00. The van der Waals surface area contributed by atoms with Gasteiger partial charge in [-0.3, -0.25) is 4.79 Å². The first-order valence-corrected chi connectivity index (χ1v) is 5.06. The van der Waals surface area contributed by atoms with E-state index in [1.165, 1.54) is 19.3 Å². The molecule has 0 aromatic carbocycles. The van der Waals surface area contributed by atoms with Crippen molar-refractivity contribution in [3.63, 3.8) is 0 Å². The van der Waals surface area contributed by atoms with Gasteiger partial charge in [0, 0.05) is 6.42 Å². The zero-order chi connectivity index (χ0) is 9.26. The molecular formula is C10H16O3. The Hall–Kier alpha value is -0.570. The standard InChI is InChI=1S/C10H16O3/c1-7-3-2-4-8-5-9(12-6-11)13-10(7)8/h6-10H,2-5H2,1H3. The largest absolute Gasteiger partial charge is 0.438 e. The Morgan fingerprint density at radius 3 is 3.00 bits per heavy atom. The monoisotopic (exact) mass is 184 g/mol. The fourth-order valence-electron chi connectivity index (χ4n) is 2.62. The zero-order valence-electron chi connectivity index (χ0n) is 7.94. The quantitative estimate of drug-likeness (QED) is 0.613. The lowest BCUT2D eigenvalue weighted by atomic mass is 9.80. The predicted octanol–water partition coefficient (Wildman–Crippen LogP) is 1.71. The van der Waals surface area contributed by atoms with Crippen molar-refractivity contribution in [2.24, 2.45) is 11.8 Å². The highest BCUT2D eigenvalue weighted by Crippen LogP contribution is 2.40. The molecule has 0 aromatic heterocycles. The van der Waals surface area contributed by atoms with E-state index in [-0.39, 0.29) is 6.29 Å². The van der Waals surface area contributed by atoms with Gasteiger partial charge in [-0.15, -0.1) is 0 Å². The molecule has 4 atom stereocenters. The van der Waals surface area contributed by atoms with Crippen LogP contribution in [0.15, 0.2) is 0 Å². The molecular weight excluding hydrogens is 168 g/mol. The Morgan fingerprint density at radius 1 is 1.46 bits per heavy atom. The molecule has 3 nitrogen and oxygen atoms in total. The summed E-state index contributed by atoms with van der Waals surface area (Å²) < 4.78 is 10.5. The minimum atomic E-state index is -0.270. The topological polar surface area (TPSA) is 35.5 Å². The summed E-state index contributed by atoms with van der Waals surface area (Å²) in [4.78, 5) is 10.1. The van der Waals surface area contributed by atoms with Gasteiger partial charge in [-0.2, -0.15) is 0 Å². The molecule has 3 heteroatoms. The summed E-state index contributed by atoms with van der Waals surface area (Å²) in [7, 11) is 0. The number of carbonyl (C=O) groups excluding carboxylic acids is 1. The molecule has 0 amide bonds. The van der Waals surface area contributed by atoms with Crippen LogP contribution in [0.3, 0.4) is 0 Å². The fourth-order valence-corrected chi connectivity index (χ4v) is 2.62. The molecule has 2 fully saturated rings. The van der Waals surface area contributed by atoms with E-state index in [0.29, 0.717) is 24.4 Å². The molecule has 1 heterocycles. The first-order chi connectivity index (χ1) is 6.31. The van der Waals surface area contributed by atoms with E-state index in [1.54, 1.807) is 0 Å². The van der Waals surface area contributed by atoms with E-state index in [4.69, 9.17) is 9.47 Å². The van der Waals surface area contributed by atoms with Crippen molar-refractivity contribution in [1.82, 2.24) is 0 Å². The van der Waals surface area contributed by atoms with Gasteiger partial charge in [-0.1, -0.05) is 13.3 Å². The molecule has 1 saturated heterocycles. The Morgan fingerprint density at radius 2 is 2.31 bits per heavy atom. The van der Waals surface area contributed by atoms with Gasteiger partial charge >= 0.3 is 0 Å². The third-order valence-corrected chi connectivity index (χ3v) is 3.27. The highest BCUT2D eigenvalue weighted by Gasteiger charge is 2.41. The minimum absolute atomic E-state index is 0.270. The Kier molecular flexibility index (Phi) is 2.54. The highest BCUT2D eigenvalue weighted by molar-refractivity contribution is 5.37. The van der Waals surface area contributed by atoms with Gasteiger partial charge in [0.15, 0.2) is 0 Å². The third-order valence-electron chi connectivity index (χ3n) is 3.27. The molecule has 1 saturated carbocycles. The van der Waals surface area contributed by atoms with Gasteiger partial charge in [0.25, 0.3) is 6.47 Å². The summed E-state index contributed by atoms with van der Waals surface area (Å²) in [6.07, 6.45) is 4.72. The Labute approximate surface area is 78.4 Å². The number of ether oxygens (including phenoxy) is 2. The molecule has 1 aliphatic carbocycles. The number of hydrogen-bond donors (Lipinski definition) is 0. The summed E-state index contributed by atoms with van der Waals surface area (Å²) in [6, 6.07) is 0. The molecule has 13 heavy (non-hydrogen) atoms. The molecule has 74 valence electrons. The maximum atomic E-state index is 10.1. The van der Waals surface area contributed by atoms with E-state index >= 15 is 0 Å². The second-order valence-corrected chi connectivity index (χ2v) is 4.17. The maximum absolute atomic E-state index is 10.1. The number of fused-ring (bicyclic) bond motifs is 1. The molecule has 0 N–H and O–H groups in total. The van der Waals surface area contributed by atoms with Gasteiger partial charge in [0.2, 0.25) is 6.29 Å². The van der Waals surface area contributed by atoms with Crippen molar-refractivity contribution in [1.29, 1.82) is 0 Å². The van der Waals surface area contributed by atoms with Gasteiger partial charge in [0.1, 0.15) is 0 Å². The van der Waals surface area contributed by atoms with Gasteiger partial charge in [-0.05, 0) is 24.7 Å². The van der Waals surface area contributed by atoms with Crippen LogP contribution in [0.2, 0.25) is 0 Å². The van der Waals surface area contributed by atoms with E-state index in [1.807, 2.05) is 0 Å². The van der Waals surface area contributed by atoms with Crippen molar-refractivity contribution in [2.75, 3.05) is 0 Å². The van der Waals surface area contributed by atoms with Crippen molar-refractivity contribution in [3.8, 4) is 0 Å². The summed E-state index contributed by atoms with van der Waals surface area (Å²) in [5.41, 5.74) is 0. The van der Waals surface area contributed by atoms with E-state index in [9.17, 15) is 4.79 Å². The fraction of sp³-hybridized carbons (Fsp3) is 0.900. The lowest BCUT2D eigenvalue weighted by Gasteiger charge is -2.29. The predicted molar refractivity (Wildman–Crippen MR) is 46.9 cm³/mol. The van der Waals surface area contributed by atoms with Gasteiger partial charge in [-0.25, -0.2) is 0 Å². The molecule has 0 spiro atoms. The van der Waals surface area contributed by atoms with Crippen LogP contribution in [0, 0.1) is 11.8 Å². The summed E-state index contributed by atoms with van der Waals surface area (Å²) in [5, 5.41) is 0. The van der Waals surface area contributed by atoms with Crippen molar-refractivity contribution in [2.45, 2.75) is 45.0 Å². The average Bonchev–Trinajstić information content (AvgIpc) is 2.49. The van der Waals surface area contributed by atoms with Gasteiger partial charge in [0.05, 0.1) is 6.10 Å². The minimum Gasteiger partial charge on any atom is -0.438 e. The summed E-state index contributed by atoms with van der Waals surface area (Å²) >= 11 is 0. The SMILES string of the molecule is CC1CCCC2CC(OC=O)OC12. The molecule has 0 bridgehead atoms. The van der Waals surface area contributed by atoms with E-state index in [0.717, 1.165) is 6.42 Å². The van der Waals surface area contributed by atoms with Crippen LogP contribution in [0.1, 0.15) is 32.6 Å². The van der Waals surface area contributed by atoms with Crippen LogP contribution in [-0.2, 0) is 14.3 Å². The van der Waals surface area contributed by atoms with Crippen molar-refractivity contribution in [3.05, 3.63) is 0 Å². The summed E-state index contributed by atoms with van der Waals surface area (Å²) in [6.45, 7) is 2.72. The summed E-state index contributed by atoms with van der Waals surface area (Å²) in [5.74, 6) is 1.24. The molecule has 4 unspecified atom stereocenters. The van der Waals surface area contributed by atoms with Crippen LogP contribution in [-0.4, -0.2) is 18.9 Å². The molecule has 2 rings (SSSR count). The average molecular weight is 184 g/mol. The first-order valence-electron chi connectivity index (χ1n) is 5.06. The van der Waals surface area contributed by atoms with Gasteiger partial charge < -0.3 is 9.47 Å². The number of hydrogen-bond acceptors (Lipinski definition) is 3. The molecule has 1 aliphatic heterocycles. The van der Waals surface area contributed by atoms with Crippen LogP contribution >= 0.6 is 0 Å². The molecule has 0 radical (unpaired) electrons. The Balaban J connectivity index is 1.95. The van der Waals surface area contributed by atoms with Crippen LogP contribution < -0.4 is 0 Å². The molecule has 0 aromatic rings. The van der Waals surface area contributed by atoms with E-state index in [2.05, 4.69) is 6.92 Å². The van der Waals surface area contributed by atoms with Crippen LogP contribution in [0.4, 0.5) is 0 Å². The van der Waals surface area contributed by atoms with Crippen LogP contribution in [0.25, 0.3) is 0 Å². The Bertz CT molecular complexity index is 193. The van der Waals surface area contributed by atoms with Crippen molar-refractivity contribution < 1.29 is 14.3 Å². The maximum Gasteiger partial charge on any atom is 0.295 e. The number of rotatable bonds is 2. The second kappa shape index (κ2) is 3.66. The normalized spacial score (nSPS) is 44.1. The third kappa shape index (κ3) is 1.70. The lowest BCUT2D eigenvalue weighted by molar-refractivity contribution is -0.164. The lowest BCUT2D eigenvalue weighted by Crippen LogP contribution is -2.28. The van der Waals surface area contributed by atoms with Crippen molar-refractivity contribution >= 4 is 6.47 Å². The van der Waals surface area contributed by atoms with E-state index < -0.39 is 0 Å². The number of carbonyl (C=O) groups is 1. The second-order valence-electron chi connectivity index (χ2n) is 4.17.